The highest BCUT2D eigenvalue weighted by Gasteiger charge is 2.12. The summed E-state index contributed by atoms with van der Waals surface area (Å²) in [6, 6.07) is 17.8. The number of carbonyl (C=O) groups is 1. The molecule has 0 saturated carbocycles. The van der Waals surface area contributed by atoms with Crippen LogP contribution in [-0.2, 0) is 6.42 Å². The first-order valence-corrected chi connectivity index (χ1v) is 8.61. The second-order valence-corrected chi connectivity index (χ2v) is 6.17. The maximum atomic E-state index is 12.5. The fourth-order valence-electron chi connectivity index (χ4n) is 2.75. The van der Waals surface area contributed by atoms with Crippen LogP contribution in [0.25, 0.3) is 0 Å². The lowest BCUT2D eigenvalue weighted by Gasteiger charge is -2.11. The van der Waals surface area contributed by atoms with E-state index in [1.54, 1.807) is 6.07 Å². The molecular formula is C21H22N4O. The highest BCUT2D eigenvalue weighted by molar-refractivity contribution is 6.04. The topological polar surface area (TPSA) is 66.9 Å². The number of aryl methyl sites for hydroxylation is 2. The number of carbonyl (C=O) groups excluding carboxylic acids is 1. The van der Waals surface area contributed by atoms with Gasteiger partial charge in [0.15, 0.2) is 0 Å². The van der Waals surface area contributed by atoms with Gasteiger partial charge in [0.2, 0.25) is 0 Å². The SMILES string of the molecule is Cc1cccc(C)c1NC(=O)c1cc(NCCc2ccccc2)ncn1. The molecule has 0 spiro atoms. The summed E-state index contributed by atoms with van der Waals surface area (Å²) >= 11 is 0. The monoisotopic (exact) mass is 346 g/mol. The van der Waals surface area contributed by atoms with E-state index in [-0.39, 0.29) is 5.91 Å². The van der Waals surface area contributed by atoms with Crippen LogP contribution in [0.5, 0.6) is 0 Å². The number of hydrogen-bond donors (Lipinski definition) is 2. The fraction of sp³-hybridized carbons (Fsp3) is 0.190. The van der Waals surface area contributed by atoms with Gasteiger partial charge in [-0.25, -0.2) is 9.97 Å². The van der Waals surface area contributed by atoms with Gasteiger partial charge in [0, 0.05) is 18.3 Å². The Hall–Kier alpha value is -3.21. The van der Waals surface area contributed by atoms with Crippen LogP contribution in [-0.4, -0.2) is 22.4 Å². The van der Waals surface area contributed by atoms with Gasteiger partial charge in [-0.1, -0.05) is 48.5 Å². The third kappa shape index (κ3) is 4.45. The van der Waals surface area contributed by atoms with Crippen molar-refractivity contribution in [3.63, 3.8) is 0 Å². The van der Waals surface area contributed by atoms with Crippen LogP contribution in [0.4, 0.5) is 11.5 Å². The second-order valence-electron chi connectivity index (χ2n) is 6.17. The lowest BCUT2D eigenvalue weighted by atomic mass is 10.1. The van der Waals surface area contributed by atoms with Crippen LogP contribution in [0.15, 0.2) is 60.9 Å². The van der Waals surface area contributed by atoms with Crippen molar-refractivity contribution in [1.29, 1.82) is 0 Å². The normalized spacial score (nSPS) is 10.4. The molecule has 5 heteroatoms. The van der Waals surface area contributed by atoms with Gasteiger partial charge in [0.05, 0.1) is 0 Å². The molecule has 0 radical (unpaired) electrons. The zero-order valence-electron chi connectivity index (χ0n) is 15.0. The molecule has 3 aromatic rings. The third-order valence-electron chi connectivity index (χ3n) is 4.18. The number of amides is 1. The number of hydrogen-bond acceptors (Lipinski definition) is 4. The zero-order valence-corrected chi connectivity index (χ0v) is 15.0. The second kappa shape index (κ2) is 8.25. The predicted octanol–water partition coefficient (Wildman–Crippen LogP) is 4.00. The molecular weight excluding hydrogens is 324 g/mol. The number of rotatable bonds is 6. The summed E-state index contributed by atoms with van der Waals surface area (Å²) in [5, 5.41) is 6.19. The van der Waals surface area contributed by atoms with Crippen molar-refractivity contribution in [2.45, 2.75) is 20.3 Å². The lowest BCUT2D eigenvalue weighted by Crippen LogP contribution is -2.16. The molecule has 0 aliphatic heterocycles. The quantitative estimate of drug-likeness (QED) is 0.708. The van der Waals surface area contributed by atoms with Gasteiger partial charge in [-0.15, -0.1) is 0 Å². The molecule has 0 aliphatic rings. The van der Waals surface area contributed by atoms with Crippen molar-refractivity contribution in [2.75, 3.05) is 17.2 Å². The average molecular weight is 346 g/mol. The Morgan fingerprint density at radius 1 is 0.962 bits per heavy atom. The Morgan fingerprint density at radius 3 is 2.42 bits per heavy atom. The van der Waals surface area contributed by atoms with E-state index < -0.39 is 0 Å². The van der Waals surface area contributed by atoms with Gasteiger partial charge in [0.1, 0.15) is 17.8 Å². The van der Waals surface area contributed by atoms with E-state index in [9.17, 15) is 4.79 Å². The van der Waals surface area contributed by atoms with Crippen LogP contribution in [0.3, 0.4) is 0 Å². The molecule has 0 atom stereocenters. The Labute approximate surface area is 153 Å². The van der Waals surface area contributed by atoms with Crippen LogP contribution in [0.2, 0.25) is 0 Å². The molecule has 132 valence electrons. The van der Waals surface area contributed by atoms with Crippen LogP contribution in [0.1, 0.15) is 27.2 Å². The van der Waals surface area contributed by atoms with Crippen molar-refractivity contribution in [3.05, 3.63) is 83.3 Å². The summed E-state index contributed by atoms with van der Waals surface area (Å²) in [5.74, 6) is 0.401. The maximum Gasteiger partial charge on any atom is 0.274 e. The third-order valence-corrected chi connectivity index (χ3v) is 4.18. The van der Waals surface area contributed by atoms with Gasteiger partial charge in [-0.2, -0.15) is 0 Å². The fourth-order valence-corrected chi connectivity index (χ4v) is 2.75. The molecule has 1 aromatic heterocycles. The van der Waals surface area contributed by atoms with Crippen molar-refractivity contribution >= 4 is 17.4 Å². The molecule has 2 aromatic carbocycles. The summed E-state index contributed by atoms with van der Waals surface area (Å²) in [5.41, 5.74) is 4.46. The number of nitrogens with zero attached hydrogens (tertiary/aromatic N) is 2. The van der Waals surface area contributed by atoms with Crippen LogP contribution >= 0.6 is 0 Å². The summed E-state index contributed by atoms with van der Waals surface area (Å²) < 4.78 is 0. The Bertz CT molecular complexity index is 873. The minimum atomic E-state index is -0.240. The molecule has 0 saturated heterocycles. The van der Waals surface area contributed by atoms with Gasteiger partial charge >= 0.3 is 0 Å². The van der Waals surface area contributed by atoms with E-state index in [1.165, 1.54) is 11.9 Å². The first-order chi connectivity index (χ1) is 12.6. The molecule has 0 aliphatic carbocycles. The minimum absolute atomic E-state index is 0.240. The molecule has 0 bridgehead atoms. The van der Waals surface area contributed by atoms with Gasteiger partial charge in [-0.3, -0.25) is 4.79 Å². The molecule has 0 unspecified atom stereocenters. The molecule has 5 nitrogen and oxygen atoms in total. The Kier molecular flexibility index (Phi) is 5.59. The number of aromatic nitrogens is 2. The predicted molar refractivity (Wildman–Crippen MR) is 105 cm³/mol. The summed E-state index contributed by atoms with van der Waals surface area (Å²) in [6.45, 7) is 4.68. The number of para-hydroxylation sites is 1. The van der Waals surface area contributed by atoms with Crippen molar-refractivity contribution in [2.24, 2.45) is 0 Å². The highest BCUT2D eigenvalue weighted by atomic mass is 16.1. The first-order valence-electron chi connectivity index (χ1n) is 8.61. The average Bonchev–Trinajstić information content (AvgIpc) is 2.66. The molecule has 0 fully saturated rings. The van der Waals surface area contributed by atoms with E-state index >= 15 is 0 Å². The molecule has 2 N–H and O–H groups in total. The smallest absolute Gasteiger partial charge is 0.274 e. The van der Waals surface area contributed by atoms with E-state index in [1.807, 2.05) is 50.2 Å². The molecule has 1 heterocycles. The van der Waals surface area contributed by atoms with Gasteiger partial charge in [-0.05, 0) is 37.0 Å². The van der Waals surface area contributed by atoms with Crippen molar-refractivity contribution in [3.8, 4) is 0 Å². The molecule has 1 amide bonds. The number of anilines is 2. The van der Waals surface area contributed by atoms with E-state index in [0.717, 1.165) is 29.8 Å². The lowest BCUT2D eigenvalue weighted by molar-refractivity contribution is 0.102. The number of nitrogens with one attached hydrogen (secondary N) is 2. The van der Waals surface area contributed by atoms with Gasteiger partial charge < -0.3 is 10.6 Å². The van der Waals surface area contributed by atoms with Crippen molar-refractivity contribution in [1.82, 2.24) is 9.97 Å². The van der Waals surface area contributed by atoms with Crippen molar-refractivity contribution < 1.29 is 4.79 Å². The van der Waals surface area contributed by atoms with E-state index in [2.05, 4.69) is 32.7 Å². The number of benzene rings is 2. The largest absolute Gasteiger partial charge is 0.370 e. The highest BCUT2D eigenvalue weighted by Crippen LogP contribution is 2.20. The Morgan fingerprint density at radius 2 is 1.69 bits per heavy atom. The summed E-state index contributed by atoms with van der Waals surface area (Å²) in [6.07, 6.45) is 2.29. The maximum absolute atomic E-state index is 12.5. The van der Waals surface area contributed by atoms with Crippen LogP contribution in [0, 0.1) is 13.8 Å². The van der Waals surface area contributed by atoms with Gasteiger partial charge in [0.25, 0.3) is 5.91 Å². The molecule has 26 heavy (non-hydrogen) atoms. The van der Waals surface area contributed by atoms with E-state index in [0.29, 0.717) is 11.5 Å². The zero-order chi connectivity index (χ0) is 18.4. The summed E-state index contributed by atoms with van der Waals surface area (Å²) in [4.78, 5) is 20.8. The first kappa shape index (κ1) is 17.6. The molecule has 3 rings (SSSR count). The minimum Gasteiger partial charge on any atom is -0.370 e. The summed E-state index contributed by atoms with van der Waals surface area (Å²) in [7, 11) is 0. The Balaban J connectivity index is 1.64. The van der Waals surface area contributed by atoms with Crippen LogP contribution < -0.4 is 10.6 Å². The standard InChI is InChI=1S/C21H22N4O/c1-15-7-6-8-16(2)20(15)25-21(26)18-13-19(24-14-23-18)22-12-11-17-9-4-3-5-10-17/h3-10,13-14H,11-12H2,1-2H3,(H,25,26)(H,22,23,24). The van der Waals surface area contributed by atoms with E-state index in [4.69, 9.17) is 0 Å².